The third kappa shape index (κ3) is 6.01. The largest absolute Gasteiger partial charge is 0.504 e. The van der Waals surface area contributed by atoms with Crippen LogP contribution in [-0.4, -0.2) is 47.6 Å². The first kappa shape index (κ1) is 21.2. The fourth-order valence-corrected chi connectivity index (χ4v) is 3.08. The zero-order valence-corrected chi connectivity index (χ0v) is 17.5. The second kappa shape index (κ2) is 10.9. The molecular weight excluding hydrogens is 378 g/mol. The Morgan fingerprint density at radius 2 is 1.90 bits per heavy atom. The van der Waals surface area contributed by atoms with Crippen molar-refractivity contribution in [3.63, 3.8) is 0 Å². The lowest BCUT2D eigenvalue weighted by atomic mass is 10.1. The molecule has 0 spiro atoms. The van der Waals surface area contributed by atoms with E-state index in [0.29, 0.717) is 12.3 Å². The molecule has 0 radical (unpaired) electrons. The first-order valence-electron chi connectivity index (χ1n) is 10.2. The quantitative estimate of drug-likeness (QED) is 0.375. The van der Waals surface area contributed by atoms with Crippen LogP contribution >= 0.6 is 0 Å². The highest BCUT2D eigenvalue weighted by Gasteiger charge is 2.04. The van der Waals surface area contributed by atoms with Gasteiger partial charge in [0.2, 0.25) is 0 Å². The van der Waals surface area contributed by atoms with E-state index in [4.69, 9.17) is 4.74 Å². The third-order valence-corrected chi connectivity index (χ3v) is 4.67. The molecule has 0 bridgehead atoms. The second-order valence-electron chi connectivity index (χ2n) is 6.81. The Morgan fingerprint density at radius 3 is 2.60 bits per heavy atom. The highest BCUT2D eigenvalue weighted by Crippen LogP contribution is 2.26. The number of aromatic nitrogens is 2. The molecule has 2 aromatic carbocycles. The summed E-state index contributed by atoms with van der Waals surface area (Å²) in [6, 6.07) is 15.7. The van der Waals surface area contributed by atoms with Crippen molar-refractivity contribution in [2.75, 3.05) is 26.7 Å². The molecule has 0 saturated heterocycles. The molecule has 3 N–H and O–H groups in total. The van der Waals surface area contributed by atoms with E-state index in [1.807, 2.05) is 29.1 Å². The molecular formula is C23H29N5O2. The van der Waals surface area contributed by atoms with Crippen LogP contribution in [0.2, 0.25) is 0 Å². The van der Waals surface area contributed by atoms with Gasteiger partial charge in [-0.1, -0.05) is 18.2 Å². The number of hydrogen-bond donors (Lipinski definition) is 3. The predicted molar refractivity (Wildman–Crippen MR) is 120 cm³/mol. The first-order valence-corrected chi connectivity index (χ1v) is 10.2. The molecule has 0 aliphatic heterocycles. The van der Waals surface area contributed by atoms with Gasteiger partial charge >= 0.3 is 0 Å². The van der Waals surface area contributed by atoms with Gasteiger partial charge in [-0.15, -0.1) is 0 Å². The summed E-state index contributed by atoms with van der Waals surface area (Å²) in [7, 11) is 1.55. The van der Waals surface area contributed by atoms with E-state index in [0.717, 1.165) is 43.1 Å². The van der Waals surface area contributed by atoms with Crippen LogP contribution in [-0.2, 0) is 12.8 Å². The zero-order valence-electron chi connectivity index (χ0n) is 17.5. The molecule has 158 valence electrons. The van der Waals surface area contributed by atoms with Crippen molar-refractivity contribution in [2.45, 2.75) is 19.8 Å². The van der Waals surface area contributed by atoms with E-state index >= 15 is 0 Å². The van der Waals surface area contributed by atoms with E-state index in [-0.39, 0.29) is 5.75 Å². The van der Waals surface area contributed by atoms with Crippen LogP contribution in [0.1, 0.15) is 18.1 Å². The van der Waals surface area contributed by atoms with Crippen molar-refractivity contribution in [3.8, 4) is 17.2 Å². The van der Waals surface area contributed by atoms with E-state index in [2.05, 4.69) is 51.9 Å². The van der Waals surface area contributed by atoms with Crippen molar-refractivity contribution in [2.24, 2.45) is 4.99 Å². The molecule has 7 heteroatoms. The number of benzene rings is 2. The fraction of sp³-hybridized carbons (Fsp3) is 0.304. The number of methoxy groups -OCH3 is 1. The molecule has 3 aromatic rings. The lowest BCUT2D eigenvalue weighted by molar-refractivity contribution is 0.373. The smallest absolute Gasteiger partial charge is 0.191 e. The number of ether oxygens (including phenoxy) is 1. The Hall–Kier alpha value is -3.48. The van der Waals surface area contributed by atoms with Gasteiger partial charge in [-0.2, -0.15) is 5.10 Å². The fourth-order valence-electron chi connectivity index (χ4n) is 3.08. The maximum absolute atomic E-state index is 9.70. The lowest BCUT2D eigenvalue weighted by Crippen LogP contribution is -2.38. The van der Waals surface area contributed by atoms with E-state index in [1.54, 1.807) is 19.4 Å². The van der Waals surface area contributed by atoms with Gasteiger partial charge in [-0.3, -0.25) is 4.99 Å². The number of hydrogen-bond acceptors (Lipinski definition) is 4. The SMILES string of the molecule is CCNC(=NCCc1ccc(-n2cccn2)cc1)NCCc1ccc(O)c(OC)c1. The first-order chi connectivity index (χ1) is 14.7. The van der Waals surface area contributed by atoms with Gasteiger partial charge in [0.1, 0.15) is 0 Å². The van der Waals surface area contributed by atoms with Gasteiger partial charge in [-0.25, -0.2) is 4.68 Å². The van der Waals surface area contributed by atoms with Crippen molar-refractivity contribution in [1.82, 2.24) is 20.4 Å². The van der Waals surface area contributed by atoms with Gasteiger partial charge < -0.3 is 20.5 Å². The summed E-state index contributed by atoms with van der Waals surface area (Å²) < 4.78 is 7.01. The van der Waals surface area contributed by atoms with Crippen LogP contribution in [0.25, 0.3) is 5.69 Å². The molecule has 30 heavy (non-hydrogen) atoms. The number of nitrogens with one attached hydrogen (secondary N) is 2. The van der Waals surface area contributed by atoms with Crippen LogP contribution in [0.4, 0.5) is 0 Å². The van der Waals surface area contributed by atoms with E-state index in [1.165, 1.54) is 5.56 Å². The summed E-state index contributed by atoms with van der Waals surface area (Å²) in [6.45, 7) is 4.29. The molecule has 0 amide bonds. The van der Waals surface area contributed by atoms with Crippen molar-refractivity contribution in [3.05, 3.63) is 72.1 Å². The number of rotatable bonds is 9. The number of guanidine groups is 1. The number of aromatic hydroxyl groups is 1. The minimum atomic E-state index is 0.154. The molecule has 0 aliphatic carbocycles. The second-order valence-corrected chi connectivity index (χ2v) is 6.81. The molecule has 1 aromatic heterocycles. The molecule has 0 fully saturated rings. The summed E-state index contributed by atoms with van der Waals surface area (Å²) in [5, 5.41) is 20.6. The topological polar surface area (TPSA) is 83.7 Å². The minimum Gasteiger partial charge on any atom is -0.504 e. The van der Waals surface area contributed by atoms with Gasteiger partial charge in [0, 0.05) is 32.0 Å². The Balaban J connectivity index is 1.49. The molecule has 7 nitrogen and oxygen atoms in total. The zero-order chi connectivity index (χ0) is 21.2. The summed E-state index contributed by atoms with van der Waals surface area (Å²) in [6.07, 6.45) is 5.37. The molecule has 0 unspecified atom stereocenters. The van der Waals surface area contributed by atoms with E-state index in [9.17, 15) is 5.11 Å². The third-order valence-electron chi connectivity index (χ3n) is 4.67. The number of nitrogens with zero attached hydrogens (tertiary/aromatic N) is 3. The monoisotopic (exact) mass is 407 g/mol. The highest BCUT2D eigenvalue weighted by molar-refractivity contribution is 5.79. The van der Waals surface area contributed by atoms with Crippen molar-refractivity contribution >= 4 is 5.96 Å². The predicted octanol–water partition coefficient (Wildman–Crippen LogP) is 2.93. The minimum absolute atomic E-state index is 0.154. The summed E-state index contributed by atoms with van der Waals surface area (Å²) in [5.41, 5.74) is 3.38. The molecule has 0 atom stereocenters. The number of aliphatic imine (C=N–C) groups is 1. The average Bonchev–Trinajstić information content (AvgIpc) is 3.30. The van der Waals surface area contributed by atoms with Gasteiger partial charge in [0.05, 0.1) is 12.8 Å². The van der Waals surface area contributed by atoms with Crippen LogP contribution < -0.4 is 15.4 Å². The van der Waals surface area contributed by atoms with Crippen LogP contribution in [0, 0.1) is 0 Å². The van der Waals surface area contributed by atoms with Crippen LogP contribution in [0.3, 0.4) is 0 Å². The van der Waals surface area contributed by atoms with Crippen LogP contribution in [0.15, 0.2) is 65.9 Å². The Labute approximate surface area is 177 Å². The average molecular weight is 408 g/mol. The number of phenolic OH excluding ortho intramolecular Hbond substituents is 1. The Morgan fingerprint density at radius 1 is 1.10 bits per heavy atom. The standard InChI is InChI=1S/C23H29N5O2/c1-3-24-23(26-15-12-19-7-10-21(29)22(17-19)30-2)25-14-11-18-5-8-20(9-6-18)28-16-4-13-27-28/h4-10,13,16-17,29H,3,11-12,14-15H2,1-2H3,(H2,24,25,26). The van der Waals surface area contributed by atoms with Crippen molar-refractivity contribution in [1.29, 1.82) is 0 Å². The van der Waals surface area contributed by atoms with E-state index < -0.39 is 0 Å². The summed E-state index contributed by atoms with van der Waals surface area (Å²) in [5.74, 6) is 1.45. The number of phenols is 1. The highest BCUT2D eigenvalue weighted by atomic mass is 16.5. The van der Waals surface area contributed by atoms with Crippen LogP contribution in [0.5, 0.6) is 11.5 Å². The molecule has 0 aliphatic rings. The normalized spacial score (nSPS) is 11.3. The Bertz CT molecular complexity index is 937. The summed E-state index contributed by atoms with van der Waals surface area (Å²) >= 11 is 0. The molecule has 3 rings (SSSR count). The Kier molecular flexibility index (Phi) is 7.71. The van der Waals surface area contributed by atoms with Gasteiger partial charge in [-0.05, 0) is 61.2 Å². The lowest BCUT2D eigenvalue weighted by Gasteiger charge is -2.12. The molecule has 1 heterocycles. The van der Waals surface area contributed by atoms with Gasteiger partial charge in [0.15, 0.2) is 17.5 Å². The van der Waals surface area contributed by atoms with Gasteiger partial charge in [0.25, 0.3) is 0 Å². The maximum Gasteiger partial charge on any atom is 0.191 e. The van der Waals surface area contributed by atoms with Crippen molar-refractivity contribution < 1.29 is 9.84 Å². The molecule has 0 saturated carbocycles. The maximum atomic E-state index is 9.70. The summed E-state index contributed by atoms with van der Waals surface area (Å²) in [4.78, 5) is 4.67.